The fourth-order valence-corrected chi connectivity index (χ4v) is 2.27. The second kappa shape index (κ2) is 9.12. The van der Waals surface area contributed by atoms with Crippen LogP contribution in [0.5, 0.6) is 0 Å². The van der Waals surface area contributed by atoms with Crippen molar-refractivity contribution < 1.29 is 4.74 Å². The molecule has 1 rings (SSSR count). The zero-order valence-corrected chi connectivity index (χ0v) is 12.0. The second-order valence-electron chi connectivity index (χ2n) is 4.74. The van der Waals surface area contributed by atoms with Crippen molar-refractivity contribution >= 4 is 0 Å². The highest BCUT2D eigenvalue weighted by Gasteiger charge is 2.09. The number of benzene rings is 1. The lowest BCUT2D eigenvalue weighted by Crippen LogP contribution is -2.21. The number of rotatable bonds is 9. The van der Waals surface area contributed by atoms with Gasteiger partial charge in [-0.2, -0.15) is 0 Å². The second-order valence-corrected chi connectivity index (χ2v) is 4.74. The van der Waals surface area contributed by atoms with Gasteiger partial charge in [-0.25, -0.2) is 0 Å². The van der Waals surface area contributed by atoms with E-state index in [4.69, 9.17) is 4.74 Å². The van der Waals surface area contributed by atoms with Gasteiger partial charge in [0.15, 0.2) is 0 Å². The third-order valence-corrected chi connectivity index (χ3v) is 3.21. The van der Waals surface area contributed by atoms with Crippen LogP contribution in [0.4, 0.5) is 0 Å². The molecule has 0 spiro atoms. The number of nitrogens with one attached hydrogen (secondary N) is 1. The molecule has 1 N–H and O–H groups in total. The predicted octanol–water partition coefficient (Wildman–Crippen LogP) is 3.72. The van der Waals surface area contributed by atoms with Crippen LogP contribution in [-0.2, 0) is 11.2 Å². The molecule has 0 heterocycles. The van der Waals surface area contributed by atoms with Gasteiger partial charge in [0.2, 0.25) is 0 Å². The third-order valence-electron chi connectivity index (χ3n) is 3.21. The summed E-state index contributed by atoms with van der Waals surface area (Å²) in [5, 5.41) is 3.55. The SMILES string of the molecule is CCCc1ccc(C(CCCOC)NCC)cc1. The Morgan fingerprint density at radius 2 is 1.89 bits per heavy atom. The molecule has 1 atom stereocenters. The van der Waals surface area contributed by atoms with E-state index in [0.717, 1.165) is 26.0 Å². The van der Waals surface area contributed by atoms with Crippen molar-refractivity contribution in [3.05, 3.63) is 35.4 Å². The summed E-state index contributed by atoms with van der Waals surface area (Å²) in [5.74, 6) is 0. The molecule has 0 saturated heterocycles. The topological polar surface area (TPSA) is 21.3 Å². The minimum Gasteiger partial charge on any atom is -0.385 e. The molecule has 0 aliphatic rings. The molecule has 0 aromatic heterocycles. The molecule has 0 saturated carbocycles. The van der Waals surface area contributed by atoms with E-state index in [-0.39, 0.29) is 0 Å². The first-order valence-electron chi connectivity index (χ1n) is 7.13. The molecule has 0 radical (unpaired) electrons. The standard InChI is InChI=1S/C16H27NO/c1-4-7-14-9-11-15(12-10-14)16(17-5-2)8-6-13-18-3/h9-12,16-17H,4-8,13H2,1-3H3. The molecule has 102 valence electrons. The van der Waals surface area contributed by atoms with E-state index in [2.05, 4.69) is 43.4 Å². The van der Waals surface area contributed by atoms with Crippen LogP contribution in [0.15, 0.2) is 24.3 Å². The third kappa shape index (κ3) is 5.19. The molecule has 0 bridgehead atoms. The smallest absolute Gasteiger partial charge is 0.0462 e. The summed E-state index contributed by atoms with van der Waals surface area (Å²) < 4.78 is 5.13. The van der Waals surface area contributed by atoms with Crippen LogP contribution < -0.4 is 5.32 Å². The lowest BCUT2D eigenvalue weighted by atomic mass is 9.99. The van der Waals surface area contributed by atoms with Crippen LogP contribution in [-0.4, -0.2) is 20.3 Å². The first kappa shape index (κ1) is 15.2. The summed E-state index contributed by atoms with van der Waals surface area (Å²) >= 11 is 0. The van der Waals surface area contributed by atoms with Gasteiger partial charge in [0.1, 0.15) is 0 Å². The Balaban J connectivity index is 2.60. The first-order valence-corrected chi connectivity index (χ1v) is 7.13. The number of hydrogen-bond donors (Lipinski definition) is 1. The Labute approximate surface area is 112 Å². The maximum atomic E-state index is 5.13. The molecule has 2 nitrogen and oxygen atoms in total. The molecule has 1 aromatic carbocycles. The van der Waals surface area contributed by atoms with Crippen molar-refractivity contribution in [3.8, 4) is 0 Å². The van der Waals surface area contributed by atoms with Gasteiger partial charge in [-0.15, -0.1) is 0 Å². The van der Waals surface area contributed by atoms with E-state index < -0.39 is 0 Å². The van der Waals surface area contributed by atoms with Crippen molar-refractivity contribution in [2.75, 3.05) is 20.3 Å². The van der Waals surface area contributed by atoms with Gasteiger partial charge in [0.05, 0.1) is 0 Å². The Morgan fingerprint density at radius 1 is 1.17 bits per heavy atom. The number of hydrogen-bond acceptors (Lipinski definition) is 2. The molecule has 1 aromatic rings. The zero-order valence-electron chi connectivity index (χ0n) is 12.0. The molecule has 2 heteroatoms. The van der Waals surface area contributed by atoms with Crippen LogP contribution in [0.2, 0.25) is 0 Å². The van der Waals surface area contributed by atoms with Gasteiger partial charge in [-0.05, 0) is 36.9 Å². The summed E-state index contributed by atoms with van der Waals surface area (Å²) in [6.45, 7) is 6.24. The Kier molecular flexibility index (Phi) is 7.70. The Morgan fingerprint density at radius 3 is 2.44 bits per heavy atom. The maximum Gasteiger partial charge on any atom is 0.0462 e. The van der Waals surface area contributed by atoms with E-state index >= 15 is 0 Å². The molecule has 0 fully saturated rings. The Bertz CT molecular complexity index is 307. The minimum atomic E-state index is 0.459. The van der Waals surface area contributed by atoms with Crippen molar-refractivity contribution in [3.63, 3.8) is 0 Å². The van der Waals surface area contributed by atoms with Gasteiger partial charge in [-0.3, -0.25) is 0 Å². The van der Waals surface area contributed by atoms with Crippen LogP contribution in [0.1, 0.15) is 50.3 Å². The van der Waals surface area contributed by atoms with Crippen molar-refractivity contribution in [2.45, 2.75) is 45.6 Å². The number of methoxy groups -OCH3 is 1. The lowest BCUT2D eigenvalue weighted by molar-refractivity contribution is 0.189. The molecule has 1 unspecified atom stereocenters. The number of aryl methyl sites for hydroxylation is 1. The highest BCUT2D eigenvalue weighted by atomic mass is 16.5. The lowest BCUT2D eigenvalue weighted by Gasteiger charge is -2.18. The average Bonchev–Trinajstić information content (AvgIpc) is 2.39. The highest BCUT2D eigenvalue weighted by molar-refractivity contribution is 5.25. The molecule has 18 heavy (non-hydrogen) atoms. The van der Waals surface area contributed by atoms with E-state index in [1.807, 2.05) is 0 Å². The monoisotopic (exact) mass is 249 g/mol. The van der Waals surface area contributed by atoms with E-state index in [1.165, 1.54) is 24.0 Å². The fraction of sp³-hybridized carbons (Fsp3) is 0.625. The quantitative estimate of drug-likeness (QED) is 0.674. The summed E-state index contributed by atoms with van der Waals surface area (Å²) in [6, 6.07) is 9.52. The first-order chi connectivity index (χ1) is 8.81. The molecular formula is C16H27NO. The van der Waals surface area contributed by atoms with Crippen molar-refractivity contribution in [1.82, 2.24) is 5.32 Å². The van der Waals surface area contributed by atoms with Gasteiger partial charge < -0.3 is 10.1 Å². The Hall–Kier alpha value is -0.860. The molecule has 0 aliphatic carbocycles. The predicted molar refractivity (Wildman–Crippen MR) is 78.0 cm³/mol. The maximum absolute atomic E-state index is 5.13. The van der Waals surface area contributed by atoms with Crippen LogP contribution in [0, 0.1) is 0 Å². The number of ether oxygens (including phenoxy) is 1. The van der Waals surface area contributed by atoms with Crippen molar-refractivity contribution in [1.29, 1.82) is 0 Å². The van der Waals surface area contributed by atoms with E-state index in [1.54, 1.807) is 7.11 Å². The fourth-order valence-electron chi connectivity index (χ4n) is 2.27. The normalized spacial score (nSPS) is 12.6. The summed E-state index contributed by atoms with van der Waals surface area (Å²) in [6.07, 6.45) is 4.62. The van der Waals surface area contributed by atoms with Gasteiger partial charge >= 0.3 is 0 Å². The summed E-state index contributed by atoms with van der Waals surface area (Å²) in [7, 11) is 1.77. The van der Waals surface area contributed by atoms with Crippen LogP contribution >= 0.6 is 0 Å². The van der Waals surface area contributed by atoms with E-state index in [9.17, 15) is 0 Å². The highest BCUT2D eigenvalue weighted by Crippen LogP contribution is 2.19. The average molecular weight is 249 g/mol. The van der Waals surface area contributed by atoms with Gasteiger partial charge in [0.25, 0.3) is 0 Å². The molecule has 0 aliphatic heterocycles. The minimum absolute atomic E-state index is 0.459. The van der Waals surface area contributed by atoms with E-state index in [0.29, 0.717) is 6.04 Å². The molecule has 0 amide bonds. The van der Waals surface area contributed by atoms with Gasteiger partial charge in [0, 0.05) is 19.8 Å². The zero-order chi connectivity index (χ0) is 13.2. The molecular weight excluding hydrogens is 222 g/mol. The largest absolute Gasteiger partial charge is 0.385 e. The van der Waals surface area contributed by atoms with Crippen LogP contribution in [0.25, 0.3) is 0 Å². The van der Waals surface area contributed by atoms with Gasteiger partial charge in [-0.1, -0.05) is 44.5 Å². The summed E-state index contributed by atoms with van der Waals surface area (Å²) in [4.78, 5) is 0. The summed E-state index contributed by atoms with van der Waals surface area (Å²) in [5.41, 5.74) is 2.83. The van der Waals surface area contributed by atoms with Crippen LogP contribution in [0.3, 0.4) is 0 Å². The van der Waals surface area contributed by atoms with Crippen molar-refractivity contribution in [2.24, 2.45) is 0 Å².